The molecule has 5 nitrogen and oxygen atoms in total. The van der Waals surface area contributed by atoms with Crippen LogP contribution in [0.1, 0.15) is 18.4 Å². The number of rotatable bonds is 2. The van der Waals surface area contributed by atoms with Gasteiger partial charge in [0.2, 0.25) is 0 Å². The van der Waals surface area contributed by atoms with Gasteiger partial charge in [-0.3, -0.25) is 10.1 Å². The van der Waals surface area contributed by atoms with E-state index in [0.29, 0.717) is 13.2 Å². The van der Waals surface area contributed by atoms with Crippen LogP contribution in [0.4, 0.5) is 4.79 Å². The highest BCUT2D eigenvalue weighted by Crippen LogP contribution is 2.38. The molecule has 2 aliphatic heterocycles. The molecule has 2 aliphatic rings. The molecule has 19 heavy (non-hydrogen) atoms. The first-order valence-corrected chi connectivity index (χ1v) is 6.50. The van der Waals surface area contributed by atoms with E-state index in [0.717, 1.165) is 18.4 Å². The van der Waals surface area contributed by atoms with Gasteiger partial charge in [-0.05, 0) is 24.3 Å². The molecule has 0 aliphatic carbocycles. The van der Waals surface area contributed by atoms with E-state index in [1.807, 2.05) is 30.3 Å². The molecule has 0 saturated carbocycles. The van der Waals surface area contributed by atoms with E-state index >= 15 is 0 Å². The number of hydrogen-bond acceptors (Lipinski definition) is 3. The maximum absolute atomic E-state index is 12.4. The van der Waals surface area contributed by atoms with E-state index < -0.39 is 11.6 Å². The lowest BCUT2D eigenvalue weighted by atomic mass is 9.74. The van der Waals surface area contributed by atoms with Crippen molar-refractivity contribution in [2.24, 2.45) is 5.92 Å². The van der Waals surface area contributed by atoms with Crippen molar-refractivity contribution in [2.75, 3.05) is 13.2 Å². The molecule has 5 heteroatoms. The number of benzene rings is 1. The Kier molecular flexibility index (Phi) is 2.98. The first-order valence-electron chi connectivity index (χ1n) is 6.50. The predicted molar refractivity (Wildman–Crippen MR) is 68.3 cm³/mol. The second kappa shape index (κ2) is 4.66. The zero-order valence-electron chi connectivity index (χ0n) is 10.5. The second-order valence-electron chi connectivity index (χ2n) is 4.97. The maximum Gasteiger partial charge on any atom is 0.322 e. The molecule has 1 aromatic carbocycles. The number of carbonyl (C=O) groups excluding carboxylic acids is 2. The van der Waals surface area contributed by atoms with Gasteiger partial charge in [0.1, 0.15) is 5.54 Å². The molecule has 2 saturated heterocycles. The third kappa shape index (κ3) is 1.90. The van der Waals surface area contributed by atoms with Crippen molar-refractivity contribution >= 4 is 11.9 Å². The van der Waals surface area contributed by atoms with E-state index in [9.17, 15) is 9.59 Å². The Morgan fingerprint density at radius 1 is 1.11 bits per heavy atom. The monoisotopic (exact) mass is 260 g/mol. The molecule has 3 amide bonds. The summed E-state index contributed by atoms with van der Waals surface area (Å²) in [5.41, 5.74) is -0.104. The van der Waals surface area contributed by atoms with Crippen LogP contribution in [0.3, 0.4) is 0 Å². The Bertz CT molecular complexity index is 497. The molecule has 3 rings (SSSR count). The summed E-state index contributed by atoms with van der Waals surface area (Å²) in [6.07, 6.45) is 1.53. The molecule has 0 bridgehead atoms. The van der Waals surface area contributed by atoms with Crippen LogP contribution in [0.5, 0.6) is 0 Å². The van der Waals surface area contributed by atoms with Gasteiger partial charge in [0.25, 0.3) is 5.91 Å². The molecule has 0 radical (unpaired) electrons. The molecule has 100 valence electrons. The Labute approximate surface area is 111 Å². The summed E-state index contributed by atoms with van der Waals surface area (Å²) in [5, 5.41) is 5.22. The lowest BCUT2D eigenvalue weighted by molar-refractivity contribution is -0.127. The summed E-state index contributed by atoms with van der Waals surface area (Å²) in [4.78, 5) is 24.0. The molecule has 2 N–H and O–H groups in total. The zero-order chi connectivity index (χ0) is 13.3. The average Bonchev–Trinajstić information content (AvgIpc) is 2.76. The van der Waals surface area contributed by atoms with Crippen LogP contribution in [-0.4, -0.2) is 25.2 Å². The number of nitrogens with one attached hydrogen (secondary N) is 2. The molecule has 1 atom stereocenters. The molecule has 0 spiro atoms. The van der Waals surface area contributed by atoms with Crippen LogP contribution in [0.15, 0.2) is 30.3 Å². The lowest BCUT2D eigenvalue weighted by Gasteiger charge is -2.37. The number of hydrogen-bond donors (Lipinski definition) is 2. The van der Waals surface area contributed by atoms with E-state index in [2.05, 4.69) is 10.6 Å². The largest absolute Gasteiger partial charge is 0.381 e. The van der Waals surface area contributed by atoms with Gasteiger partial charge in [0.05, 0.1) is 0 Å². The third-order valence-corrected chi connectivity index (χ3v) is 3.96. The molecule has 2 heterocycles. The SMILES string of the molecule is O=C1NC(=O)C(c2ccccc2)(C2CCOCC2)N1. The number of urea groups is 1. The number of amides is 3. The van der Waals surface area contributed by atoms with E-state index in [-0.39, 0.29) is 11.8 Å². The molecule has 0 aromatic heterocycles. The minimum absolute atomic E-state index is 0.0649. The highest BCUT2D eigenvalue weighted by Gasteiger charge is 2.53. The maximum atomic E-state index is 12.4. The molecule has 1 unspecified atom stereocenters. The highest BCUT2D eigenvalue weighted by molar-refractivity contribution is 6.07. The minimum atomic E-state index is -0.942. The van der Waals surface area contributed by atoms with Gasteiger partial charge in [-0.25, -0.2) is 4.79 Å². The fourth-order valence-corrected chi connectivity index (χ4v) is 3.03. The number of ether oxygens (including phenoxy) is 1. The van der Waals surface area contributed by atoms with Crippen LogP contribution >= 0.6 is 0 Å². The van der Waals surface area contributed by atoms with Crippen LogP contribution in [0.2, 0.25) is 0 Å². The summed E-state index contributed by atoms with van der Waals surface area (Å²) in [5.74, 6) is -0.189. The van der Waals surface area contributed by atoms with Crippen LogP contribution in [0, 0.1) is 5.92 Å². The zero-order valence-corrected chi connectivity index (χ0v) is 10.5. The van der Waals surface area contributed by atoms with Crippen molar-refractivity contribution in [1.82, 2.24) is 10.6 Å². The quantitative estimate of drug-likeness (QED) is 0.784. The fraction of sp³-hybridized carbons (Fsp3) is 0.429. The van der Waals surface area contributed by atoms with Crippen molar-refractivity contribution in [3.8, 4) is 0 Å². The summed E-state index contributed by atoms with van der Waals surface area (Å²) in [7, 11) is 0. The Hall–Kier alpha value is -1.88. The first kappa shape index (κ1) is 12.2. The van der Waals surface area contributed by atoms with E-state index in [1.165, 1.54) is 0 Å². The van der Waals surface area contributed by atoms with Crippen molar-refractivity contribution < 1.29 is 14.3 Å². The van der Waals surface area contributed by atoms with Crippen molar-refractivity contribution in [3.63, 3.8) is 0 Å². The second-order valence-corrected chi connectivity index (χ2v) is 4.97. The molecular formula is C14H16N2O3. The Balaban J connectivity index is 2.05. The Morgan fingerprint density at radius 3 is 2.37 bits per heavy atom. The summed E-state index contributed by atoms with van der Waals surface area (Å²) < 4.78 is 5.36. The van der Waals surface area contributed by atoms with E-state index in [1.54, 1.807) is 0 Å². The van der Waals surface area contributed by atoms with Gasteiger partial charge >= 0.3 is 6.03 Å². The fourth-order valence-electron chi connectivity index (χ4n) is 3.03. The van der Waals surface area contributed by atoms with Gasteiger partial charge in [-0.2, -0.15) is 0 Å². The third-order valence-electron chi connectivity index (χ3n) is 3.96. The lowest BCUT2D eigenvalue weighted by Crippen LogP contribution is -2.51. The average molecular weight is 260 g/mol. The molecular weight excluding hydrogens is 244 g/mol. The normalized spacial score (nSPS) is 28.0. The standard InChI is InChI=1S/C14H16N2O3/c17-12-14(16-13(18)15-12,10-4-2-1-3-5-10)11-6-8-19-9-7-11/h1-5,11H,6-9H2,(H2,15,16,17,18). The minimum Gasteiger partial charge on any atom is -0.381 e. The van der Waals surface area contributed by atoms with Gasteiger partial charge in [0.15, 0.2) is 0 Å². The summed E-state index contributed by atoms with van der Waals surface area (Å²) in [6, 6.07) is 9.03. The van der Waals surface area contributed by atoms with Crippen molar-refractivity contribution in [3.05, 3.63) is 35.9 Å². The van der Waals surface area contributed by atoms with Gasteiger partial charge in [-0.15, -0.1) is 0 Å². The van der Waals surface area contributed by atoms with Crippen LogP contribution < -0.4 is 10.6 Å². The van der Waals surface area contributed by atoms with Crippen LogP contribution in [0.25, 0.3) is 0 Å². The van der Waals surface area contributed by atoms with Crippen molar-refractivity contribution in [1.29, 1.82) is 0 Å². The first-order chi connectivity index (χ1) is 9.23. The van der Waals surface area contributed by atoms with E-state index in [4.69, 9.17) is 4.74 Å². The smallest absolute Gasteiger partial charge is 0.322 e. The predicted octanol–water partition coefficient (Wildman–Crippen LogP) is 1.15. The summed E-state index contributed by atoms with van der Waals surface area (Å²) in [6.45, 7) is 1.25. The van der Waals surface area contributed by atoms with Gasteiger partial charge in [-0.1, -0.05) is 30.3 Å². The van der Waals surface area contributed by atoms with Crippen LogP contribution in [-0.2, 0) is 15.1 Å². The molecule has 1 aromatic rings. The van der Waals surface area contributed by atoms with Gasteiger partial charge < -0.3 is 10.1 Å². The highest BCUT2D eigenvalue weighted by atomic mass is 16.5. The number of imide groups is 1. The number of carbonyl (C=O) groups is 2. The summed E-state index contributed by atoms with van der Waals surface area (Å²) >= 11 is 0. The van der Waals surface area contributed by atoms with Gasteiger partial charge in [0, 0.05) is 13.2 Å². The van der Waals surface area contributed by atoms with Crippen molar-refractivity contribution in [2.45, 2.75) is 18.4 Å². The Morgan fingerprint density at radius 2 is 1.79 bits per heavy atom. The topological polar surface area (TPSA) is 67.4 Å². The molecule has 2 fully saturated rings.